The molecule has 0 N–H and O–H groups in total. The third kappa shape index (κ3) is 2.50. The molecule has 0 amide bonds. The average molecular weight is 240 g/mol. The van der Waals surface area contributed by atoms with Crippen LogP contribution in [-0.2, 0) is 20.0 Å². The van der Waals surface area contributed by atoms with Gasteiger partial charge >= 0.3 is 0 Å². The summed E-state index contributed by atoms with van der Waals surface area (Å²) in [6.45, 7) is 5.20. The molecule has 0 fully saturated rings. The molecule has 1 aromatic carbocycles. The van der Waals surface area contributed by atoms with Crippen molar-refractivity contribution in [3.05, 3.63) is 29.8 Å². The standard InChI is InChI=1S/C12H16O3S/c1-4-16(14,15)11-7-5-10(6-8-11)12(2,3)9-13/h5-9H,4H2,1-3H3. The molecule has 0 bridgehead atoms. The van der Waals surface area contributed by atoms with Gasteiger partial charge in [0.05, 0.1) is 10.6 Å². The molecule has 0 unspecified atom stereocenters. The predicted octanol–water partition coefficient (Wildman–Crippen LogP) is 1.96. The monoisotopic (exact) mass is 240 g/mol. The van der Waals surface area contributed by atoms with Crippen LogP contribution in [0, 0.1) is 0 Å². The zero-order chi connectivity index (χ0) is 12.4. The molecule has 0 heterocycles. The molecule has 0 spiro atoms. The van der Waals surface area contributed by atoms with Crippen molar-refractivity contribution in [3.8, 4) is 0 Å². The number of carbonyl (C=O) groups excluding carboxylic acids is 1. The smallest absolute Gasteiger partial charge is 0.178 e. The Hall–Kier alpha value is -1.16. The Balaban J connectivity index is 3.15. The maximum absolute atomic E-state index is 11.6. The van der Waals surface area contributed by atoms with E-state index in [1.54, 1.807) is 45.0 Å². The van der Waals surface area contributed by atoms with Crippen molar-refractivity contribution >= 4 is 16.1 Å². The summed E-state index contributed by atoms with van der Waals surface area (Å²) in [5.41, 5.74) is 0.242. The van der Waals surface area contributed by atoms with Crippen LogP contribution in [0.25, 0.3) is 0 Å². The topological polar surface area (TPSA) is 51.2 Å². The van der Waals surface area contributed by atoms with E-state index in [9.17, 15) is 13.2 Å². The second kappa shape index (κ2) is 4.37. The van der Waals surface area contributed by atoms with Gasteiger partial charge in [-0.2, -0.15) is 0 Å². The second-order valence-electron chi connectivity index (χ2n) is 4.27. The number of carbonyl (C=O) groups is 1. The first kappa shape index (κ1) is 12.9. The predicted molar refractivity (Wildman–Crippen MR) is 63.3 cm³/mol. The Labute approximate surface area is 96.4 Å². The van der Waals surface area contributed by atoms with Gasteiger partial charge in [0.2, 0.25) is 0 Å². The van der Waals surface area contributed by atoms with E-state index in [1.165, 1.54) is 0 Å². The summed E-state index contributed by atoms with van der Waals surface area (Å²) in [5, 5.41) is 0. The first-order valence-corrected chi connectivity index (χ1v) is 6.78. The Morgan fingerprint density at radius 2 is 1.69 bits per heavy atom. The van der Waals surface area contributed by atoms with Gasteiger partial charge in [-0.1, -0.05) is 19.1 Å². The molecular weight excluding hydrogens is 224 g/mol. The Morgan fingerprint density at radius 3 is 2.06 bits per heavy atom. The SMILES string of the molecule is CCS(=O)(=O)c1ccc(C(C)(C)C=O)cc1. The van der Waals surface area contributed by atoms with Gasteiger partial charge < -0.3 is 4.79 Å². The molecule has 0 saturated heterocycles. The van der Waals surface area contributed by atoms with E-state index in [0.29, 0.717) is 4.90 Å². The third-order valence-electron chi connectivity index (χ3n) is 2.63. The van der Waals surface area contributed by atoms with Gasteiger partial charge in [-0.15, -0.1) is 0 Å². The average Bonchev–Trinajstić information content (AvgIpc) is 2.29. The van der Waals surface area contributed by atoms with Gasteiger partial charge in [0.25, 0.3) is 0 Å². The van der Waals surface area contributed by atoms with Crippen molar-refractivity contribution in [1.29, 1.82) is 0 Å². The van der Waals surface area contributed by atoms with Crippen molar-refractivity contribution in [2.45, 2.75) is 31.1 Å². The van der Waals surface area contributed by atoms with Gasteiger partial charge in [-0.3, -0.25) is 0 Å². The van der Waals surface area contributed by atoms with E-state index < -0.39 is 15.3 Å². The highest BCUT2D eigenvalue weighted by Crippen LogP contribution is 2.22. The second-order valence-corrected chi connectivity index (χ2v) is 6.55. The zero-order valence-corrected chi connectivity index (χ0v) is 10.5. The highest BCUT2D eigenvalue weighted by atomic mass is 32.2. The lowest BCUT2D eigenvalue weighted by atomic mass is 9.87. The van der Waals surface area contributed by atoms with E-state index in [-0.39, 0.29) is 5.75 Å². The minimum absolute atomic E-state index is 0.0867. The lowest BCUT2D eigenvalue weighted by Crippen LogP contribution is -2.18. The minimum Gasteiger partial charge on any atom is -0.302 e. The zero-order valence-electron chi connectivity index (χ0n) is 9.73. The highest BCUT2D eigenvalue weighted by Gasteiger charge is 2.20. The first-order valence-electron chi connectivity index (χ1n) is 5.13. The summed E-state index contributed by atoms with van der Waals surface area (Å²) in [6.07, 6.45) is 0.857. The Kier molecular flexibility index (Phi) is 3.53. The number of benzene rings is 1. The van der Waals surface area contributed by atoms with E-state index >= 15 is 0 Å². The van der Waals surface area contributed by atoms with Crippen LogP contribution in [-0.4, -0.2) is 20.5 Å². The Morgan fingerprint density at radius 1 is 1.19 bits per heavy atom. The van der Waals surface area contributed by atoms with Crippen LogP contribution in [0.2, 0.25) is 0 Å². The van der Waals surface area contributed by atoms with Crippen molar-refractivity contribution in [1.82, 2.24) is 0 Å². The molecular formula is C12H16O3S. The minimum atomic E-state index is -3.16. The molecule has 0 aromatic heterocycles. The van der Waals surface area contributed by atoms with Gasteiger partial charge in [-0.25, -0.2) is 8.42 Å². The molecule has 1 rings (SSSR count). The number of sulfone groups is 1. The van der Waals surface area contributed by atoms with Crippen molar-refractivity contribution in [3.63, 3.8) is 0 Å². The summed E-state index contributed by atoms with van der Waals surface area (Å²) in [6, 6.07) is 6.49. The fourth-order valence-electron chi connectivity index (χ4n) is 1.33. The van der Waals surface area contributed by atoms with Gasteiger partial charge in [-0.05, 0) is 31.5 Å². The number of aldehydes is 1. The van der Waals surface area contributed by atoms with Crippen LogP contribution in [0.1, 0.15) is 26.3 Å². The highest BCUT2D eigenvalue weighted by molar-refractivity contribution is 7.91. The van der Waals surface area contributed by atoms with Crippen LogP contribution < -0.4 is 0 Å². The van der Waals surface area contributed by atoms with Crippen molar-refractivity contribution < 1.29 is 13.2 Å². The lowest BCUT2D eigenvalue weighted by Gasteiger charge is -2.17. The fourth-order valence-corrected chi connectivity index (χ4v) is 2.21. The summed E-state index contributed by atoms with van der Waals surface area (Å²) in [5.74, 6) is 0.0867. The van der Waals surface area contributed by atoms with E-state index in [2.05, 4.69) is 0 Å². The molecule has 1 aromatic rings. The molecule has 88 valence electrons. The molecule has 0 aliphatic rings. The van der Waals surface area contributed by atoms with Crippen LogP contribution in [0.3, 0.4) is 0 Å². The molecule has 0 atom stereocenters. The van der Waals surface area contributed by atoms with Crippen LogP contribution >= 0.6 is 0 Å². The summed E-state index contributed by atoms with van der Waals surface area (Å²) >= 11 is 0. The van der Waals surface area contributed by atoms with Crippen molar-refractivity contribution in [2.24, 2.45) is 0 Å². The molecule has 3 nitrogen and oxygen atoms in total. The normalized spacial score (nSPS) is 12.4. The number of hydrogen-bond acceptors (Lipinski definition) is 3. The van der Waals surface area contributed by atoms with Gasteiger partial charge in [0.15, 0.2) is 9.84 Å². The Bertz CT molecular complexity index is 469. The van der Waals surface area contributed by atoms with Gasteiger partial charge in [0, 0.05) is 5.41 Å². The third-order valence-corrected chi connectivity index (χ3v) is 4.38. The quantitative estimate of drug-likeness (QED) is 0.756. The first-order chi connectivity index (χ1) is 7.33. The molecule has 0 aliphatic heterocycles. The van der Waals surface area contributed by atoms with Crippen LogP contribution in [0.15, 0.2) is 29.2 Å². The largest absolute Gasteiger partial charge is 0.302 e. The number of hydrogen-bond donors (Lipinski definition) is 0. The molecule has 16 heavy (non-hydrogen) atoms. The molecule has 0 saturated carbocycles. The van der Waals surface area contributed by atoms with Crippen molar-refractivity contribution in [2.75, 3.05) is 5.75 Å². The molecule has 0 radical (unpaired) electrons. The summed E-state index contributed by atoms with van der Waals surface area (Å²) in [7, 11) is -3.16. The summed E-state index contributed by atoms with van der Waals surface area (Å²) in [4.78, 5) is 11.2. The molecule has 4 heteroatoms. The maximum atomic E-state index is 11.6. The van der Waals surface area contributed by atoms with E-state index in [0.717, 1.165) is 11.8 Å². The lowest BCUT2D eigenvalue weighted by molar-refractivity contribution is -0.111. The number of rotatable bonds is 4. The van der Waals surface area contributed by atoms with E-state index in [1.807, 2.05) is 0 Å². The van der Waals surface area contributed by atoms with Crippen LogP contribution in [0.5, 0.6) is 0 Å². The van der Waals surface area contributed by atoms with Crippen LogP contribution in [0.4, 0.5) is 0 Å². The summed E-state index contributed by atoms with van der Waals surface area (Å²) < 4.78 is 23.1. The maximum Gasteiger partial charge on any atom is 0.178 e. The van der Waals surface area contributed by atoms with Gasteiger partial charge in [0.1, 0.15) is 6.29 Å². The fraction of sp³-hybridized carbons (Fsp3) is 0.417. The molecule has 0 aliphatic carbocycles. The van der Waals surface area contributed by atoms with E-state index in [4.69, 9.17) is 0 Å².